The van der Waals surface area contributed by atoms with Crippen LogP contribution in [0, 0.1) is 26.7 Å². The largest absolute Gasteiger partial charge is 0.380 e. The van der Waals surface area contributed by atoms with Crippen LogP contribution in [-0.4, -0.2) is 5.11 Å². The SMILES string of the molecule is Cc1cc(C)c(C(O)(c2ccccc2)C2CCC2)c(C)c1. The summed E-state index contributed by atoms with van der Waals surface area (Å²) in [5.74, 6) is 0.333. The van der Waals surface area contributed by atoms with Crippen molar-refractivity contribution in [2.75, 3.05) is 0 Å². The van der Waals surface area contributed by atoms with Gasteiger partial charge in [0.05, 0.1) is 0 Å². The molecule has 110 valence electrons. The summed E-state index contributed by atoms with van der Waals surface area (Å²) in [5, 5.41) is 11.7. The van der Waals surface area contributed by atoms with E-state index in [1.165, 1.54) is 23.1 Å². The Kier molecular flexibility index (Phi) is 3.62. The lowest BCUT2D eigenvalue weighted by atomic mass is 9.65. The van der Waals surface area contributed by atoms with Crippen LogP contribution in [0.2, 0.25) is 0 Å². The van der Waals surface area contributed by atoms with Crippen molar-refractivity contribution in [1.29, 1.82) is 0 Å². The van der Waals surface area contributed by atoms with Gasteiger partial charge >= 0.3 is 0 Å². The molecule has 0 heterocycles. The molecule has 1 unspecified atom stereocenters. The Balaban J connectivity index is 2.22. The van der Waals surface area contributed by atoms with Gasteiger partial charge in [0.1, 0.15) is 5.60 Å². The summed E-state index contributed by atoms with van der Waals surface area (Å²) in [6.45, 7) is 6.37. The van der Waals surface area contributed by atoms with E-state index in [-0.39, 0.29) is 0 Å². The van der Waals surface area contributed by atoms with Gasteiger partial charge in [0, 0.05) is 0 Å². The van der Waals surface area contributed by atoms with Crippen molar-refractivity contribution < 1.29 is 5.11 Å². The third-order valence-corrected chi connectivity index (χ3v) is 4.97. The van der Waals surface area contributed by atoms with E-state index >= 15 is 0 Å². The summed E-state index contributed by atoms with van der Waals surface area (Å²) in [4.78, 5) is 0. The molecule has 1 aliphatic rings. The van der Waals surface area contributed by atoms with Crippen LogP contribution in [0.5, 0.6) is 0 Å². The minimum atomic E-state index is -0.846. The van der Waals surface area contributed by atoms with Gasteiger partial charge in [-0.25, -0.2) is 0 Å². The van der Waals surface area contributed by atoms with Crippen LogP contribution in [0.25, 0.3) is 0 Å². The molecule has 1 atom stereocenters. The van der Waals surface area contributed by atoms with Crippen LogP contribution in [-0.2, 0) is 5.60 Å². The molecular formula is C20H24O. The van der Waals surface area contributed by atoms with Crippen LogP contribution >= 0.6 is 0 Å². The number of benzene rings is 2. The first kappa shape index (κ1) is 14.3. The highest BCUT2D eigenvalue weighted by molar-refractivity contribution is 5.47. The molecule has 1 N–H and O–H groups in total. The zero-order valence-corrected chi connectivity index (χ0v) is 13.2. The van der Waals surface area contributed by atoms with E-state index in [1.807, 2.05) is 18.2 Å². The van der Waals surface area contributed by atoms with Crippen molar-refractivity contribution in [2.24, 2.45) is 5.92 Å². The molecule has 1 saturated carbocycles. The number of aryl methyl sites for hydroxylation is 3. The molecule has 2 aromatic rings. The molecule has 21 heavy (non-hydrogen) atoms. The molecule has 1 heteroatoms. The minimum Gasteiger partial charge on any atom is -0.380 e. The number of rotatable bonds is 3. The second-order valence-electron chi connectivity index (χ2n) is 6.53. The van der Waals surface area contributed by atoms with Gasteiger partial charge in [-0.3, -0.25) is 0 Å². The first-order chi connectivity index (χ1) is 10.0. The first-order valence-corrected chi connectivity index (χ1v) is 7.89. The maximum Gasteiger partial charge on any atom is 0.118 e. The van der Waals surface area contributed by atoms with Gasteiger partial charge in [-0.05, 0) is 61.8 Å². The quantitative estimate of drug-likeness (QED) is 0.868. The Morgan fingerprint density at radius 3 is 2.00 bits per heavy atom. The fourth-order valence-corrected chi connectivity index (χ4v) is 3.88. The summed E-state index contributed by atoms with van der Waals surface area (Å²) in [5.41, 5.74) is 4.96. The van der Waals surface area contributed by atoms with Gasteiger partial charge in [0.25, 0.3) is 0 Å². The Hall–Kier alpha value is -1.60. The number of hydrogen-bond acceptors (Lipinski definition) is 1. The van der Waals surface area contributed by atoms with E-state index in [2.05, 4.69) is 45.0 Å². The predicted molar refractivity (Wildman–Crippen MR) is 87.4 cm³/mol. The molecule has 1 nitrogen and oxygen atoms in total. The first-order valence-electron chi connectivity index (χ1n) is 7.89. The average molecular weight is 280 g/mol. The number of hydrogen-bond donors (Lipinski definition) is 1. The molecule has 1 fully saturated rings. The summed E-state index contributed by atoms with van der Waals surface area (Å²) in [7, 11) is 0. The fraction of sp³-hybridized carbons (Fsp3) is 0.400. The number of aliphatic hydroxyl groups is 1. The standard InChI is InChI=1S/C20H24O/c1-14-12-15(2)19(16(3)13-14)20(21,18-10-7-11-18)17-8-5-4-6-9-17/h4-6,8-9,12-13,18,21H,7,10-11H2,1-3H3. The van der Waals surface area contributed by atoms with Gasteiger partial charge in [-0.1, -0.05) is 54.4 Å². The molecule has 0 amide bonds. The molecule has 0 bridgehead atoms. The second-order valence-corrected chi connectivity index (χ2v) is 6.53. The van der Waals surface area contributed by atoms with E-state index in [0.29, 0.717) is 5.92 Å². The van der Waals surface area contributed by atoms with Crippen LogP contribution in [0.3, 0.4) is 0 Å². The summed E-state index contributed by atoms with van der Waals surface area (Å²) in [6, 6.07) is 14.6. The van der Waals surface area contributed by atoms with Crippen molar-refractivity contribution >= 4 is 0 Å². The normalized spacial score (nSPS) is 18.1. The molecule has 2 aromatic carbocycles. The van der Waals surface area contributed by atoms with Gasteiger partial charge in [0.2, 0.25) is 0 Å². The highest BCUT2D eigenvalue weighted by atomic mass is 16.3. The van der Waals surface area contributed by atoms with Crippen molar-refractivity contribution in [1.82, 2.24) is 0 Å². The van der Waals surface area contributed by atoms with Gasteiger partial charge < -0.3 is 5.11 Å². The Morgan fingerprint density at radius 2 is 1.52 bits per heavy atom. The van der Waals surface area contributed by atoms with Gasteiger partial charge in [-0.2, -0.15) is 0 Å². The van der Waals surface area contributed by atoms with Gasteiger partial charge in [0.15, 0.2) is 0 Å². The molecule has 0 aliphatic heterocycles. The molecule has 0 radical (unpaired) electrons. The lowest BCUT2D eigenvalue weighted by Gasteiger charge is -2.44. The van der Waals surface area contributed by atoms with Crippen LogP contribution in [0.4, 0.5) is 0 Å². The van der Waals surface area contributed by atoms with Crippen LogP contribution < -0.4 is 0 Å². The lowest BCUT2D eigenvalue weighted by molar-refractivity contribution is -0.0209. The third-order valence-electron chi connectivity index (χ3n) is 4.97. The average Bonchev–Trinajstić information content (AvgIpc) is 2.36. The van der Waals surface area contributed by atoms with Crippen molar-refractivity contribution in [3.63, 3.8) is 0 Å². The van der Waals surface area contributed by atoms with Crippen molar-refractivity contribution in [3.05, 3.63) is 70.3 Å². The Morgan fingerprint density at radius 1 is 0.952 bits per heavy atom. The predicted octanol–water partition coefficient (Wildman–Crippen LogP) is 4.65. The minimum absolute atomic E-state index is 0.333. The van der Waals surface area contributed by atoms with Crippen LogP contribution in [0.1, 0.15) is 47.1 Å². The molecule has 0 aromatic heterocycles. The van der Waals surface area contributed by atoms with E-state index in [0.717, 1.165) is 24.0 Å². The molecule has 1 aliphatic carbocycles. The summed E-state index contributed by atoms with van der Waals surface area (Å²) < 4.78 is 0. The summed E-state index contributed by atoms with van der Waals surface area (Å²) >= 11 is 0. The van der Waals surface area contributed by atoms with E-state index in [9.17, 15) is 5.11 Å². The monoisotopic (exact) mass is 280 g/mol. The van der Waals surface area contributed by atoms with Crippen molar-refractivity contribution in [2.45, 2.75) is 45.6 Å². The maximum absolute atomic E-state index is 11.7. The topological polar surface area (TPSA) is 20.2 Å². The molecule has 0 spiro atoms. The lowest BCUT2D eigenvalue weighted by Crippen LogP contribution is -2.41. The Labute approximate surface area is 127 Å². The Bertz CT molecular complexity index is 617. The molecular weight excluding hydrogens is 256 g/mol. The van der Waals surface area contributed by atoms with E-state index < -0.39 is 5.60 Å². The second kappa shape index (κ2) is 5.31. The molecule has 0 saturated heterocycles. The maximum atomic E-state index is 11.7. The zero-order chi connectivity index (χ0) is 15.0. The smallest absolute Gasteiger partial charge is 0.118 e. The highest BCUT2D eigenvalue weighted by Gasteiger charge is 2.44. The third kappa shape index (κ3) is 2.30. The highest BCUT2D eigenvalue weighted by Crippen LogP contribution is 2.48. The molecule has 3 rings (SSSR count). The zero-order valence-electron chi connectivity index (χ0n) is 13.2. The van der Waals surface area contributed by atoms with Crippen molar-refractivity contribution in [3.8, 4) is 0 Å². The fourth-order valence-electron chi connectivity index (χ4n) is 3.88. The van der Waals surface area contributed by atoms with Gasteiger partial charge in [-0.15, -0.1) is 0 Å². The van der Waals surface area contributed by atoms with E-state index in [1.54, 1.807) is 0 Å². The summed E-state index contributed by atoms with van der Waals surface area (Å²) in [6.07, 6.45) is 3.44. The van der Waals surface area contributed by atoms with Crippen LogP contribution in [0.15, 0.2) is 42.5 Å². The van der Waals surface area contributed by atoms with E-state index in [4.69, 9.17) is 0 Å².